The Kier molecular flexibility index (Phi) is 5.37. The normalized spacial score (nSPS) is 15.1. The first kappa shape index (κ1) is 15.5. The number of thiophene rings is 1. The van der Waals surface area contributed by atoms with E-state index in [1.54, 1.807) is 9.80 Å². The van der Waals surface area contributed by atoms with Crippen LogP contribution in [0.25, 0.3) is 0 Å². The number of aliphatic hydroxyl groups is 1. The monoisotopic (exact) mass is 306 g/mol. The lowest BCUT2D eigenvalue weighted by Gasteiger charge is -2.32. The van der Waals surface area contributed by atoms with Gasteiger partial charge in [-0.3, -0.25) is 9.59 Å². The molecule has 0 bridgehead atoms. The van der Waals surface area contributed by atoms with Gasteiger partial charge in [-0.2, -0.15) is 0 Å². The molecule has 21 heavy (non-hydrogen) atoms. The first-order chi connectivity index (χ1) is 10.1. The number of carbonyl (C=O) groups excluding carboxylic acids is 2. The standard InChI is InChI=1S/C15H18N2O3S/c1-2-16-9-15(20)17(10-14(16)19)8-13-7-12(11-21-13)5-3-4-6-18/h7,11,18H,2,4,6,8-10H2,1H3. The van der Waals surface area contributed by atoms with Gasteiger partial charge in [-0.05, 0) is 13.0 Å². The van der Waals surface area contributed by atoms with Crippen molar-refractivity contribution in [1.82, 2.24) is 9.80 Å². The summed E-state index contributed by atoms with van der Waals surface area (Å²) in [5.41, 5.74) is 0.884. The average molecular weight is 306 g/mol. The number of amides is 2. The molecular formula is C15H18N2O3S. The zero-order chi connectivity index (χ0) is 15.2. The minimum absolute atomic E-state index is 0.00313. The van der Waals surface area contributed by atoms with Crippen LogP contribution in [0.2, 0.25) is 0 Å². The van der Waals surface area contributed by atoms with E-state index in [1.807, 2.05) is 18.4 Å². The zero-order valence-corrected chi connectivity index (χ0v) is 12.8. The van der Waals surface area contributed by atoms with Crippen LogP contribution in [0.3, 0.4) is 0 Å². The largest absolute Gasteiger partial charge is 0.395 e. The van der Waals surface area contributed by atoms with Crippen molar-refractivity contribution >= 4 is 23.2 Å². The van der Waals surface area contributed by atoms with Gasteiger partial charge in [0.05, 0.1) is 19.7 Å². The molecule has 0 aromatic carbocycles. The third-order valence-corrected chi connectivity index (χ3v) is 4.13. The van der Waals surface area contributed by atoms with Gasteiger partial charge in [-0.15, -0.1) is 11.3 Å². The van der Waals surface area contributed by atoms with Crippen LogP contribution in [0.4, 0.5) is 0 Å². The lowest BCUT2D eigenvalue weighted by atomic mass is 10.2. The second-order valence-corrected chi connectivity index (χ2v) is 5.73. The van der Waals surface area contributed by atoms with Crippen LogP contribution in [0, 0.1) is 11.8 Å². The zero-order valence-electron chi connectivity index (χ0n) is 12.0. The second-order valence-electron chi connectivity index (χ2n) is 4.73. The van der Waals surface area contributed by atoms with Crippen molar-refractivity contribution in [2.45, 2.75) is 19.9 Å². The van der Waals surface area contributed by atoms with Crippen molar-refractivity contribution < 1.29 is 14.7 Å². The predicted octanol–water partition coefficient (Wildman–Crippen LogP) is 0.673. The first-order valence-corrected chi connectivity index (χ1v) is 7.74. The Morgan fingerprint density at radius 2 is 2.00 bits per heavy atom. The SMILES string of the molecule is CCN1CC(=O)N(Cc2cc(C#CCCO)cs2)CC1=O. The van der Waals surface area contributed by atoms with Gasteiger partial charge in [0.15, 0.2) is 0 Å². The van der Waals surface area contributed by atoms with E-state index in [4.69, 9.17) is 5.11 Å². The number of carbonyl (C=O) groups is 2. The number of rotatable bonds is 4. The highest BCUT2D eigenvalue weighted by Gasteiger charge is 2.28. The summed E-state index contributed by atoms with van der Waals surface area (Å²) in [5.74, 6) is 5.80. The van der Waals surface area contributed by atoms with Crippen molar-refractivity contribution in [2.24, 2.45) is 0 Å². The van der Waals surface area contributed by atoms with Crippen LogP contribution in [-0.4, -0.2) is 53.0 Å². The third-order valence-electron chi connectivity index (χ3n) is 3.21. The van der Waals surface area contributed by atoms with Gasteiger partial charge in [0.1, 0.15) is 6.54 Å². The minimum Gasteiger partial charge on any atom is -0.395 e. The maximum atomic E-state index is 12.0. The number of likely N-dealkylation sites (N-methyl/N-ethyl adjacent to an activating group) is 1. The van der Waals surface area contributed by atoms with Gasteiger partial charge in [0.2, 0.25) is 11.8 Å². The summed E-state index contributed by atoms with van der Waals surface area (Å²) < 4.78 is 0. The number of nitrogens with zero attached hydrogens (tertiary/aromatic N) is 2. The van der Waals surface area contributed by atoms with Crippen molar-refractivity contribution in [3.63, 3.8) is 0 Å². The Labute approximate surface area is 128 Å². The molecule has 1 aromatic rings. The molecule has 2 amide bonds. The van der Waals surface area contributed by atoms with Crippen molar-refractivity contribution in [1.29, 1.82) is 0 Å². The molecule has 0 radical (unpaired) electrons. The molecule has 112 valence electrons. The summed E-state index contributed by atoms with van der Waals surface area (Å²) in [4.78, 5) is 28.0. The fourth-order valence-corrected chi connectivity index (χ4v) is 2.90. The molecule has 1 aliphatic heterocycles. The molecule has 0 aliphatic carbocycles. The van der Waals surface area contributed by atoms with E-state index in [9.17, 15) is 9.59 Å². The first-order valence-electron chi connectivity index (χ1n) is 6.86. The summed E-state index contributed by atoms with van der Waals surface area (Å²) in [6.07, 6.45) is 0.456. The van der Waals surface area contributed by atoms with Crippen LogP contribution in [0.5, 0.6) is 0 Å². The molecule has 1 aromatic heterocycles. The number of hydrogen-bond acceptors (Lipinski definition) is 4. The van der Waals surface area contributed by atoms with Gasteiger partial charge in [-0.1, -0.05) is 11.8 Å². The average Bonchev–Trinajstić information content (AvgIpc) is 2.90. The van der Waals surface area contributed by atoms with Gasteiger partial charge in [0.25, 0.3) is 0 Å². The van der Waals surface area contributed by atoms with E-state index in [-0.39, 0.29) is 31.5 Å². The molecule has 1 saturated heterocycles. The molecule has 0 spiro atoms. The summed E-state index contributed by atoms with van der Waals surface area (Å²) in [6, 6.07) is 1.93. The highest BCUT2D eigenvalue weighted by atomic mass is 32.1. The summed E-state index contributed by atoms with van der Waals surface area (Å²) in [7, 11) is 0. The van der Waals surface area contributed by atoms with Gasteiger partial charge >= 0.3 is 0 Å². The maximum Gasteiger partial charge on any atom is 0.242 e. The fraction of sp³-hybridized carbons (Fsp3) is 0.467. The molecule has 6 heteroatoms. The molecule has 1 N–H and O–H groups in total. The highest BCUT2D eigenvalue weighted by Crippen LogP contribution is 2.18. The quantitative estimate of drug-likeness (QED) is 0.832. The van der Waals surface area contributed by atoms with Crippen molar-refractivity contribution in [3.05, 3.63) is 21.9 Å². The van der Waals surface area contributed by atoms with Gasteiger partial charge in [0, 0.05) is 28.8 Å². The van der Waals surface area contributed by atoms with Crippen molar-refractivity contribution in [3.8, 4) is 11.8 Å². The smallest absolute Gasteiger partial charge is 0.242 e. The molecule has 5 nitrogen and oxygen atoms in total. The topological polar surface area (TPSA) is 60.9 Å². The molecule has 2 heterocycles. The van der Waals surface area contributed by atoms with Crippen molar-refractivity contribution in [2.75, 3.05) is 26.2 Å². The van der Waals surface area contributed by atoms with E-state index >= 15 is 0 Å². The summed E-state index contributed by atoms with van der Waals surface area (Å²) in [6.45, 7) is 3.27. The van der Waals surface area contributed by atoms with Gasteiger partial charge < -0.3 is 14.9 Å². The van der Waals surface area contributed by atoms with Crippen LogP contribution >= 0.6 is 11.3 Å². The van der Waals surface area contributed by atoms with E-state index in [2.05, 4.69) is 11.8 Å². The van der Waals surface area contributed by atoms with E-state index < -0.39 is 0 Å². The molecule has 0 unspecified atom stereocenters. The summed E-state index contributed by atoms with van der Waals surface area (Å²) in [5, 5.41) is 10.6. The number of piperazine rings is 1. The number of aliphatic hydroxyl groups excluding tert-OH is 1. The maximum absolute atomic E-state index is 12.0. The molecular weight excluding hydrogens is 288 g/mol. The Bertz CT molecular complexity index is 585. The van der Waals surface area contributed by atoms with Crippen LogP contribution in [0.1, 0.15) is 23.8 Å². The van der Waals surface area contributed by atoms with Crippen LogP contribution in [0.15, 0.2) is 11.4 Å². The lowest BCUT2D eigenvalue weighted by Crippen LogP contribution is -2.53. The molecule has 1 aliphatic rings. The Morgan fingerprint density at radius 1 is 1.29 bits per heavy atom. The molecule has 1 fully saturated rings. The fourth-order valence-electron chi connectivity index (χ4n) is 2.07. The molecule has 2 rings (SSSR count). The van der Waals surface area contributed by atoms with E-state index in [0.717, 1.165) is 10.4 Å². The minimum atomic E-state index is -0.0160. The second kappa shape index (κ2) is 7.25. The van der Waals surface area contributed by atoms with E-state index in [0.29, 0.717) is 19.5 Å². The number of hydrogen-bond donors (Lipinski definition) is 1. The van der Waals surface area contributed by atoms with Gasteiger partial charge in [-0.25, -0.2) is 0 Å². The Morgan fingerprint density at radius 3 is 2.71 bits per heavy atom. The summed E-state index contributed by atoms with van der Waals surface area (Å²) >= 11 is 1.53. The Balaban J connectivity index is 1.98. The van der Waals surface area contributed by atoms with Crippen LogP contribution < -0.4 is 0 Å². The highest BCUT2D eigenvalue weighted by molar-refractivity contribution is 7.10. The predicted molar refractivity (Wildman–Crippen MR) is 80.6 cm³/mol. The van der Waals surface area contributed by atoms with E-state index in [1.165, 1.54) is 11.3 Å². The molecule has 0 saturated carbocycles. The Hall–Kier alpha value is -1.84. The van der Waals surface area contributed by atoms with Crippen LogP contribution in [-0.2, 0) is 16.1 Å². The third kappa shape index (κ3) is 4.06. The lowest BCUT2D eigenvalue weighted by molar-refractivity contribution is -0.150. The molecule has 0 atom stereocenters.